The lowest BCUT2D eigenvalue weighted by Crippen LogP contribution is -2.38. The van der Waals surface area contributed by atoms with E-state index < -0.39 is 0 Å². The number of aromatic nitrogens is 4. The van der Waals surface area contributed by atoms with Crippen molar-refractivity contribution in [1.29, 1.82) is 0 Å². The van der Waals surface area contributed by atoms with Crippen LogP contribution < -0.4 is 16.0 Å². The summed E-state index contributed by atoms with van der Waals surface area (Å²) in [7, 11) is 0. The van der Waals surface area contributed by atoms with E-state index in [9.17, 15) is 4.39 Å². The minimum Gasteiger partial charge on any atom is -0.365 e. The molecular formula is C18H22FN7. The normalized spacial score (nSPS) is 17.4. The van der Waals surface area contributed by atoms with Crippen LogP contribution in [0.25, 0.3) is 22.4 Å². The number of nitrogens with zero attached hydrogens (tertiary/aromatic N) is 3. The van der Waals surface area contributed by atoms with Crippen LogP contribution in [0.1, 0.15) is 19.8 Å². The smallest absolute Gasteiger partial charge is 0.224 e. The number of rotatable bonds is 5. The van der Waals surface area contributed by atoms with Crippen molar-refractivity contribution in [1.82, 2.24) is 25.3 Å². The van der Waals surface area contributed by atoms with Gasteiger partial charge >= 0.3 is 0 Å². The Bertz CT molecular complexity index is 902. The van der Waals surface area contributed by atoms with Gasteiger partial charge in [-0.2, -0.15) is 4.98 Å². The highest BCUT2D eigenvalue weighted by Crippen LogP contribution is 2.28. The number of halogens is 1. The lowest BCUT2D eigenvalue weighted by molar-refractivity contribution is 0.479. The first-order valence-electron chi connectivity index (χ1n) is 8.96. The van der Waals surface area contributed by atoms with E-state index in [-0.39, 0.29) is 5.82 Å². The van der Waals surface area contributed by atoms with Gasteiger partial charge in [0.05, 0.1) is 16.6 Å². The van der Waals surface area contributed by atoms with Crippen molar-refractivity contribution in [2.24, 2.45) is 0 Å². The van der Waals surface area contributed by atoms with E-state index in [4.69, 9.17) is 0 Å². The first-order valence-corrected chi connectivity index (χ1v) is 8.96. The van der Waals surface area contributed by atoms with Crippen LogP contribution in [0.5, 0.6) is 0 Å². The van der Waals surface area contributed by atoms with Gasteiger partial charge in [0.25, 0.3) is 0 Å². The van der Waals surface area contributed by atoms with Crippen LogP contribution in [0.4, 0.5) is 16.2 Å². The van der Waals surface area contributed by atoms with Crippen LogP contribution in [0, 0.1) is 5.82 Å². The predicted molar refractivity (Wildman–Crippen MR) is 101 cm³/mol. The zero-order valence-electron chi connectivity index (χ0n) is 14.6. The Hall–Kier alpha value is -2.74. The quantitative estimate of drug-likeness (QED) is 0.563. The predicted octanol–water partition coefficient (Wildman–Crippen LogP) is 2.75. The van der Waals surface area contributed by atoms with Gasteiger partial charge in [-0.25, -0.2) is 14.4 Å². The molecule has 0 saturated carbocycles. The molecule has 0 bridgehead atoms. The summed E-state index contributed by atoms with van der Waals surface area (Å²) >= 11 is 0. The number of H-pyrrole nitrogens is 1. The van der Waals surface area contributed by atoms with E-state index in [2.05, 4.69) is 35.9 Å². The van der Waals surface area contributed by atoms with Crippen LogP contribution in [0.2, 0.25) is 0 Å². The molecule has 4 rings (SSSR count). The molecule has 3 heterocycles. The summed E-state index contributed by atoms with van der Waals surface area (Å²) in [6.07, 6.45) is 3.96. The maximum Gasteiger partial charge on any atom is 0.224 e. The number of nitrogens with one attached hydrogen (secondary N) is 4. The maximum absolute atomic E-state index is 13.5. The molecule has 8 heteroatoms. The molecule has 1 aliphatic rings. The van der Waals surface area contributed by atoms with Crippen LogP contribution in [0.15, 0.2) is 24.4 Å². The summed E-state index contributed by atoms with van der Waals surface area (Å²) < 4.78 is 13.5. The number of hydrogen-bond donors (Lipinski definition) is 4. The van der Waals surface area contributed by atoms with Crippen molar-refractivity contribution in [3.05, 3.63) is 30.2 Å². The minimum atomic E-state index is -0.293. The molecule has 1 aromatic carbocycles. The third-order valence-corrected chi connectivity index (χ3v) is 4.46. The van der Waals surface area contributed by atoms with E-state index in [1.807, 2.05) is 6.92 Å². The number of anilines is 2. The Morgan fingerprint density at radius 2 is 2.23 bits per heavy atom. The Kier molecular flexibility index (Phi) is 4.66. The highest BCUT2D eigenvalue weighted by Gasteiger charge is 2.18. The van der Waals surface area contributed by atoms with E-state index in [0.717, 1.165) is 43.9 Å². The van der Waals surface area contributed by atoms with Gasteiger partial charge < -0.3 is 20.9 Å². The van der Waals surface area contributed by atoms with Crippen molar-refractivity contribution >= 4 is 22.8 Å². The Balaban J connectivity index is 1.72. The standard InChI is InChI=1S/C18H22FN7/c1-2-21-18-22-10-13(16(26-18)23-12-4-3-7-20-9-12)17-24-14-6-5-11(19)8-15(14)25-17/h5-6,8,10,12,20H,2-4,7,9H2,1H3,(H,24,25)(H2,21,22,23,26)/t12-/m0/s1. The van der Waals surface area contributed by atoms with Gasteiger partial charge in [-0.15, -0.1) is 0 Å². The second-order valence-corrected chi connectivity index (χ2v) is 6.42. The Morgan fingerprint density at radius 1 is 1.31 bits per heavy atom. The largest absolute Gasteiger partial charge is 0.365 e. The summed E-state index contributed by atoms with van der Waals surface area (Å²) in [6.45, 7) is 4.69. The zero-order valence-corrected chi connectivity index (χ0v) is 14.6. The van der Waals surface area contributed by atoms with Crippen LogP contribution in [-0.2, 0) is 0 Å². The van der Waals surface area contributed by atoms with Gasteiger partial charge in [0, 0.05) is 25.3 Å². The number of hydrogen-bond acceptors (Lipinski definition) is 6. The fourth-order valence-corrected chi connectivity index (χ4v) is 3.19. The van der Waals surface area contributed by atoms with Gasteiger partial charge in [-0.05, 0) is 44.5 Å². The van der Waals surface area contributed by atoms with E-state index in [1.165, 1.54) is 12.1 Å². The highest BCUT2D eigenvalue weighted by molar-refractivity contribution is 5.82. The van der Waals surface area contributed by atoms with Gasteiger partial charge in [-0.1, -0.05) is 0 Å². The zero-order chi connectivity index (χ0) is 17.9. The average molecular weight is 355 g/mol. The molecule has 1 saturated heterocycles. The second-order valence-electron chi connectivity index (χ2n) is 6.42. The highest BCUT2D eigenvalue weighted by atomic mass is 19.1. The molecule has 26 heavy (non-hydrogen) atoms. The molecule has 2 aromatic heterocycles. The first-order chi connectivity index (χ1) is 12.7. The molecule has 0 amide bonds. The van der Waals surface area contributed by atoms with Crippen molar-refractivity contribution in [3.8, 4) is 11.4 Å². The van der Waals surface area contributed by atoms with Crippen molar-refractivity contribution in [2.45, 2.75) is 25.8 Å². The van der Waals surface area contributed by atoms with Gasteiger partial charge in [0.1, 0.15) is 17.5 Å². The molecule has 1 atom stereocenters. The first kappa shape index (κ1) is 16.7. The van der Waals surface area contributed by atoms with E-state index in [0.29, 0.717) is 28.8 Å². The summed E-state index contributed by atoms with van der Waals surface area (Å²) in [5, 5.41) is 10.0. The van der Waals surface area contributed by atoms with Gasteiger partial charge in [-0.3, -0.25) is 0 Å². The number of benzene rings is 1. The van der Waals surface area contributed by atoms with Crippen LogP contribution >= 0.6 is 0 Å². The molecule has 136 valence electrons. The number of imidazole rings is 1. The number of fused-ring (bicyclic) bond motifs is 1. The molecule has 0 radical (unpaired) electrons. The van der Waals surface area contributed by atoms with Gasteiger partial charge in [0.2, 0.25) is 5.95 Å². The van der Waals surface area contributed by atoms with E-state index >= 15 is 0 Å². The lowest BCUT2D eigenvalue weighted by atomic mass is 10.1. The van der Waals surface area contributed by atoms with Crippen molar-refractivity contribution in [3.63, 3.8) is 0 Å². The minimum absolute atomic E-state index is 0.293. The summed E-state index contributed by atoms with van der Waals surface area (Å²) in [5.74, 6) is 1.63. The summed E-state index contributed by atoms with van der Waals surface area (Å²) in [5.41, 5.74) is 2.14. The van der Waals surface area contributed by atoms with Gasteiger partial charge in [0.15, 0.2) is 0 Å². The third kappa shape index (κ3) is 3.45. The van der Waals surface area contributed by atoms with E-state index in [1.54, 1.807) is 12.3 Å². The summed E-state index contributed by atoms with van der Waals surface area (Å²) in [6, 6.07) is 4.81. The fraction of sp³-hybridized carbons (Fsp3) is 0.389. The number of piperidine rings is 1. The Labute approximate surface area is 150 Å². The topological polar surface area (TPSA) is 90.5 Å². The lowest BCUT2D eigenvalue weighted by Gasteiger charge is -2.25. The van der Waals surface area contributed by atoms with Crippen LogP contribution in [-0.4, -0.2) is 45.6 Å². The van der Waals surface area contributed by atoms with Crippen molar-refractivity contribution in [2.75, 3.05) is 30.3 Å². The third-order valence-electron chi connectivity index (χ3n) is 4.46. The van der Waals surface area contributed by atoms with Crippen molar-refractivity contribution < 1.29 is 4.39 Å². The molecule has 0 spiro atoms. The molecule has 4 N–H and O–H groups in total. The molecule has 1 fully saturated rings. The number of aromatic amines is 1. The SMILES string of the molecule is CCNc1ncc(-c2nc3ccc(F)cc3[nH]2)c(N[C@H]2CCCNC2)n1. The molecule has 0 unspecified atom stereocenters. The van der Waals surface area contributed by atoms with Crippen LogP contribution in [0.3, 0.4) is 0 Å². The fourth-order valence-electron chi connectivity index (χ4n) is 3.19. The summed E-state index contributed by atoms with van der Waals surface area (Å²) in [4.78, 5) is 16.7. The average Bonchev–Trinajstić information content (AvgIpc) is 3.06. The monoisotopic (exact) mass is 355 g/mol. The molecule has 0 aliphatic carbocycles. The maximum atomic E-state index is 13.5. The Morgan fingerprint density at radius 3 is 3.04 bits per heavy atom. The molecular weight excluding hydrogens is 333 g/mol. The molecule has 1 aliphatic heterocycles. The molecule has 3 aromatic rings. The molecule has 7 nitrogen and oxygen atoms in total. The second kappa shape index (κ2) is 7.25.